The third kappa shape index (κ3) is 3.70. The highest BCUT2D eigenvalue weighted by Crippen LogP contribution is 2.24. The lowest BCUT2D eigenvalue weighted by Gasteiger charge is -2.10. The van der Waals surface area contributed by atoms with Gasteiger partial charge < -0.3 is 10.1 Å². The largest absolute Gasteiger partial charge is 0.491 e. The highest BCUT2D eigenvalue weighted by Gasteiger charge is 2.07. The Morgan fingerprint density at radius 2 is 1.95 bits per heavy atom. The van der Waals surface area contributed by atoms with Gasteiger partial charge in [0.25, 0.3) is 0 Å². The van der Waals surface area contributed by atoms with Gasteiger partial charge in [-0.3, -0.25) is 0 Å². The lowest BCUT2D eigenvalue weighted by Crippen LogP contribution is -2.05. The first kappa shape index (κ1) is 14.8. The fourth-order valence-electron chi connectivity index (χ4n) is 1.75. The Morgan fingerprint density at radius 3 is 2.55 bits per heavy atom. The molecule has 0 spiro atoms. The zero-order valence-electron chi connectivity index (χ0n) is 11.9. The monoisotopic (exact) mass is 335 g/mol. The number of hydrogen-bond acceptors (Lipinski definition) is 4. The molecule has 0 saturated carbocycles. The quantitative estimate of drug-likeness (QED) is 0.892. The summed E-state index contributed by atoms with van der Waals surface area (Å²) in [5.74, 6) is 2.35. The summed E-state index contributed by atoms with van der Waals surface area (Å²) in [7, 11) is 0. The molecular formula is C15H18BrN3O. The van der Waals surface area contributed by atoms with E-state index in [2.05, 4.69) is 31.2 Å². The lowest BCUT2D eigenvalue weighted by molar-refractivity contribution is 0.242. The molecule has 0 atom stereocenters. The number of nitrogens with one attached hydrogen (secondary N) is 1. The van der Waals surface area contributed by atoms with Crippen LogP contribution < -0.4 is 10.1 Å². The first-order chi connectivity index (χ1) is 9.60. The minimum atomic E-state index is 0.171. The molecule has 0 aliphatic heterocycles. The van der Waals surface area contributed by atoms with Crippen LogP contribution in [0.2, 0.25) is 0 Å². The van der Waals surface area contributed by atoms with E-state index in [4.69, 9.17) is 4.74 Å². The summed E-state index contributed by atoms with van der Waals surface area (Å²) in [6.45, 7) is 6.87. The number of hydrogen-bond donors (Lipinski definition) is 1. The zero-order valence-corrected chi connectivity index (χ0v) is 13.4. The highest BCUT2D eigenvalue weighted by atomic mass is 79.9. The summed E-state index contributed by atoms with van der Waals surface area (Å²) in [6.07, 6.45) is 1.93. The van der Waals surface area contributed by atoms with E-state index in [-0.39, 0.29) is 6.10 Å². The molecule has 4 nitrogen and oxygen atoms in total. The SMILES string of the molecule is CCNc1nc(-c2ccc(OC(C)C)cc2)ncc1Br. The van der Waals surface area contributed by atoms with Crippen LogP contribution in [0, 0.1) is 0 Å². The molecule has 5 heteroatoms. The molecule has 2 aromatic rings. The molecule has 0 amide bonds. The number of anilines is 1. The van der Waals surface area contributed by atoms with Crippen LogP contribution in [0.25, 0.3) is 11.4 Å². The van der Waals surface area contributed by atoms with Gasteiger partial charge in [-0.2, -0.15) is 0 Å². The van der Waals surface area contributed by atoms with Crippen molar-refractivity contribution in [3.63, 3.8) is 0 Å². The third-order valence-corrected chi connectivity index (χ3v) is 3.15. The van der Waals surface area contributed by atoms with Crippen molar-refractivity contribution in [1.82, 2.24) is 9.97 Å². The Kier molecular flexibility index (Phi) is 4.95. The van der Waals surface area contributed by atoms with Crippen molar-refractivity contribution in [3.8, 4) is 17.1 Å². The highest BCUT2D eigenvalue weighted by molar-refractivity contribution is 9.10. The van der Waals surface area contributed by atoms with Gasteiger partial charge in [0.05, 0.1) is 10.6 Å². The fraction of sp³-hybridized carbons (Fsp3) is 0.333. The number of nitrogens with zero attached hydrogens (tertiary/aromatic N) is 2. The summed E-state index contributed by atoms with van der Waals surface area (Å²) in [5, 5.41) is 3.20. The van der Waals surface area contributed by atoms with Gasteiger partial charge in [0.1, 0.15) is 11.6 Å². The molecule has 0 saturated heterocycles. The molecule has 0 unspecified atom stereocenters. The summed E-state index contributed by atoms with van der Waals surface area (Å²) < 4.78 is 6.49. The minimum Gasteiger partial charge on any atom is -0.491 e. The van der Waals surface area contributed by atoms with Crippen molar-refractivity contribution in [1.29, 1.82) is 0 Å². The van der Waals surface area contributed by atoms with Crippen LogP contribution in [0.4, 0.5) is 5.82 Å². The standard InChI is InChI=1S/C15H18BrN3O/c1-4-17-15-13(16)9-18-14(19-15)11-5-7-12(8-6-11)20-10(2)3/h5-10H,4H2,1-3H3,(H,17,18,19). The Hall–Kier alpha value is -1.62. The van der Waals surface area contributed by atoms with Crippen LogP contribution in [0.3, 0.4) is 0 Å². The van der Waals surface area contributed by atoms with Crippen molar-refractivity contribution in [2.45, 2.75) is 26.9 Å². The van der Waals surface area contributed by atoms with Gasteiger partial charge in [-0.25, -0.2) is 9.97 Å². The average Bonchev–Trinajstić information content (AvgIpc) is 2.42. The second-order valence-electron chi connectivity index (χ2n) is 4.61. The van der Waals surface area contributed by atoms with E-state index in [1.165, 1.54) is 0 Å². The van der Waals surface area contributed by atoms with Crippen LogP contribution >= 0.6 is 15.9 Å². The molecule has 0 fully saturated rings. The molecule has 0 aliphatic rings. The third-order valence-electron chi connectivity index (χ3n) is 2.57. The van der Waals surface area contributed by atoms with Gasteiger partial charge >= 0.3 is 0 Å². The Morgan fingerprint density at radius 1 is 1.25 bits per heavy atom. The Bertz CT molecular complexity index is 570. The van der Waals surface area contributed by atoms with Crippen molar-refractivity contribution in [2.75, 3.05) is 11.9 Å². The van der Waals surface area contributed by atoms with E-state index >= 15 is 0 Å². The van der Waals surface area contributed by atoms with Gasteiger partial charge in [-0.05, 0) is 61.0 Å². The molecule has 20 heavy (non-hydrogen) atoms. The summed E-state index contributed by atoms with van der Waals surface area (Å²) in [5.41, 5.74) is 0.966. The van der Waals surface area contributed by atoms with Gasteiger partial charge in [0, 0.05) is 18.3 Å². The number of ether oxygens (including phenoxy) is 1. The predicted octanol–water partition coefficient (Wildman–Crippen LogP) is 4.13. The van der Waals surface area contributed by atoms with Crippen molar-refractivity contribution in [2.24, 2.45) is 0 Å². The van der Waals surface area contributed by atoms with E-state index in [1.54, 1.807) is 6.20 Å². The van der Waals surface area contributed by atoms with E-state index in [9.17, 15) is 0 Å². The van der Waals surface area contributed by atoms with Gasteiger partial charge in [0.2, 0.25) is 0 Å². The van der Waals surface area contributed by atoms with E-state index in [0.29, 0.717) is 5.82 Å². The summed E-state index contributed by atoms with van der Waals surface area (Å²) >= 11 is 3.44. The van der Waals surface area contributed by atoms with Gasteiger partial charge in [-0.15, -0.1) is 0 Å². The maximum atomic E-state index is 5.63. The normalized spacial score (nSPS) is 10.7. The molecule has 0 bridgehead atoms. The molecular weight excluding hydrogens is 318 g/mol. The van der Waals surface area contributed by atoms with E-state index in [1.807, 2.05) is 45.0 Å². The second kappa shape index (κ2) is 6.70. The van der Waals surface area contributed by atoms with Crippen LogP contribution in [0.5, 0.6) is 5.75 Å². The Balaban J connectivity index is 2.25. The number of rotatable bonds is 5. The molecule has 106 valence electrons. The number of aromatic nitrogens is 2. The van der Waals surface area contributed by atoms with Crippen molar-refractivity contribution < 1.29 is 4.74 Å². The van der Waals surface area contributed by atoms with Gasteiger partial charge in [-0.1, -0.05) is 0 Å². The second-order valence-corrected chi connectivity index (χ2v) is 5.47. The molecule has 1 aromatic heterocycles. The molecule has 1 heterocycles. The first-order valence-corrected chi connectivity index (χ1v) is 7.43. The molecule has 0 radical (unpaired) electrons. The van der Waals surface area contributed by atoms with Crippen LogP contribution in [-0.2, 0) is 0 Å². The molecule has 1 N–H and O–H groups in total. The number of halogens is 1. The van der Waals surface area contributed by atoms with Crippen LogP contribution in [0.1, 0.15) is 20.8 Å². The van der Waals surface area contributed by atoms with Crippen molar-refractivity contribution in [3.05, 3.63) is 34.9 Å². The minimum absolute atomic E-state index is 0.171. The smallest absolute Gasteiger partial charge is 0.161 e. The topological polar surface area (TPSA) is 47.0 Å². The average molecular weight is 336 g/mol. The molecule has 2 rings (SSSR count). The summed E-state index contributed by atoms with van der Waals surface area (Å²) in [4.78, 5) is 8.86. The Labute approximate surface area is 127 Å². The van der Waals surface area contributed by atoms with Crippen molar-refractivity contribution >= 4 is 21.7 Å². The fourth-order valence-corrected chi connectivity index (χ4v) is 2.08. The summed E-state index contributed by atoms with van der Waals surface area (Å²) in [6, 6.07) is 7.81. The van der Waals surface area contributed by atoms with Crippen LogP contribution in [0.15, 0.2) is 34.9 Å². The van der Waals surface area contributed by atoms with Gasteiger partial charge in [0.15, 0.2) is 5.82 Å². The number of benzene rings is 1. The first-order valence-electron chi connectivity index (χ1n) is 6.63. The molecule has 1 aromatic carbocycles. The zero-order chi connectivity index (χ0) is 14.5. The molecule has 0 aliphatic carbocycles. The maximum Gasteiger partial charge on any atom is 0.161 e. The van der Waals surface area contributed by atoms with E-state index < -0.39 is 0 Å². The van der Waals surface area contributed by atoms with Crippen LogP contribution in [-0.4, -0.2) is 22.6 Å². The maximum absolute atomic E-state index is 5.63. The predicted molar refractivity (Wildman–Crippen MR) is 85.1 cm³/mol. The van der Waals surface area contributed by atoms with E-state index in [0.717, 1.165) is 28.1 Å². The lowest BCUT2D eigenvalue weighted by atomic mass is 10.2.